The van der Waals surface area contributed by atoms with Crippen LogP contribution in [0.25, 0.3) is 0 Å². The van der Waals surface area contributed by atoms with Gasteiger partial charge in [0.2, 0.25) is 5.95 Å². The zero-order valence-corrected chi connectivity index (χ0v) is 18.1. The average Bonchev–Trinajstić information content (AvgIpc) is 2.74. The fourth-order valence-corrected chi connectivity index (χ4v) is 4.11. The first-order valence-electron chi connectivity index (χ1n) is 11.0. The molecule has 0 bridgehead atoms. The summed E-state index contributed by atoms with van der Waals surface area (Å²) in [5.41, 5.74) is 2.78. The summed E-state index contributed by atoms with van der Waals surface area (Å²) in [5.74, 6) is 1.38. The molecular formula is C24H34N4O. The molecule has 2 heterocycles. The molecule has 0 spiro atoms. The van der Waals surface area contributed by atoms with Gasteiger partial charge in [0.15, 0.2) is 0 Å². The number of anilines is 1. The zero-order chi connectivity index (χ0) is 20.6. The van der Waals surface area contributed by atoms with E-state index in [9.17, 15) is 4.79 Å². The third-order valence-electron chi connectivity index (χ3n) is 5.60. The third kappa shape index (κ3) is 5.78. The second-order valence-corrected chi connectivity index (χ2v) is 8.11. The first-order chi connectivity index (χ1) is 14.1. The summed E-state index contributed by atoms with van der Waals surface area (Å²) in [5, 5.41) is 0. The Morgan fingerprint density at radius 2 is 1.72 bits per heavy atom. The van der Waals surface area contributed by atoms with Gasteiger partial charge in [-0.15, -0.1) is 0 Å². The van der Waals surface area contributed by atoms with Crippen molar-refractivity contribution in [2.24, 2.45) is 5.92 Å². The van der Waals surface area contributed by atoms with E-state index < -0.39 is 0 Å². The van der Waals surface area contributed by atoms with Crippen LogP contribution in [0.5, 0.6) is 0 Å². The quantitative estimate of drug-likeness (QED) is 0.661. The van der Waals surface area contributed by atoms with Crippen LogP contribution in [0, 0.1) is 12.8 Å². The molecule has 29 heavy (non-hydrogen) atoms. The Kier molecular flexibility index (Phi) is 7.62. The maximum atomic E-state index is 13.1. The van der Waals surface area contributed by atoms with Crippen molar-refractivity contribution < 1.29 is 4.79 Å². The van der Waals surface area contributed by atoms with Gasteiger partial charge in [-0.3, -0.25) is 4.79 Å². The molecule has 0 radical (unpaired) electrons. The second-order valence-electron chi connectivity index (χ2n) is 8.11. The summed E-state index contributed by atoms with van der Waals surface area (Å²) in [6.45, 7) is 9.70. The second kappa shape index (κ2) is 10.4. The maximum Gasteiger partial charge on any atom is 0.272 e. The van der Waals surface area contributed by atoms with Crippen LogP contribution in [0.3, 0.4) is 0 Å². The van der Waals surface area contributed by atoms with Crippen molar-refractivity contribution in [2.45, 2.75) is 52.9 Å². The van der Waals surface area contributed by atoms with Crippen molar-refractivity contribution in [1.82, 2.24) is 14.9 Å². The van der Waals surface area contributed by atoms with Crippen molar-refractivity contribution in [3.63, 3.8) is 0 Å². The van der Waals surface area contributed by atoms with Crippen molar-refractivity contribution in [3.05, 3.63) is 53.3 Å². The van der Waals surface area contributed by atoms with Gasteiger partial charge in [-0.05, 0) is 56.6 Å². The maximum absolute atomic E-state index is 13.1. The van der Waals surface area contributed by atoms with E-state index in [-0.39, 0.29) is 5.91 Å². The summed E-state index contributed by atoms with van der Waals surface area (Å²) >= 11 is 0. The number of rotatable bonds is 8. The summed E-state index contributed by atoms with van der Waals surface area (Å²) < 4.78 is 0. The van der Waals surface area contributed by atoms with Crippen LogP contribution in [-0.4, -0.2) is 47.0 Å². The smallest absolute Gasteiger partial charge is 0.272 e. The third-order valence-corrected chi connectivity index (χ3v) is 5.60. The highest BCUT2D eigenvalue weighted by molar-refractivity contribution is 5.92. The lowest BCUT2D eigenvalue weighted by Gasteiger charge is -2.32. The Bertz CT molecular complexity index is 779. The topological polar surface area (TPSA) is 49.3 Å². The normalized spacial score (nSPS) is 14.8. The van der Waals surface area contributed by atoms with Gasteiger partial charge in [0.1, 0.15) is 5.69 Å². The number of hydrogen-bond donors (Lipinski definition) is 0. The molecule has 1 aliphatic heterocycles. The van der Waals surface area contributed by atoms with Gasteiger partial charge in [0.05, 0.1) is 0 Å². The SMILES string of the molecule is CCCN(CCC)c1nc(C)cc(C(=O)N2CCC(Cc3ccccc3)CC2)n1. The lowest BCUT2D eigenvalue weighted by atomic mass is 9.90. The molecule has 5 nitrogen and oxygen atoms in total. The number of amides is 1. The summed E-state index contributed by atoms with van der Waals surface area (Å²) in [7, 11) is 0. The molecule has 2 aromatic rings. The van der Waals surface area contributed by atoms with E-state index >= 15 is 0 Å². The Morgan fingerprint density at radius 3 is 2.34 bits per heavy atom. The molecule has 0 aliphatic carbocycles. The number of hydrogen-bond acceptors (Lipinski definition) is 4. The van der Waals surface area contributed by atoms with E-state index in [1.807, 2.05) is 17.9 Å². The predicted molar refractivity (Wildman–Crippen MR) is 118 cm³/mol. The molecule has 0 saturated carbocycles. The molecule has 1 saturated heterocycles. The van der Waals surface area contributed by atoms with Crippen LogP contribution >= 0.6 is 0 Å². The van der Waals surface area contributed by atoms with Gasteiger partial charge in [0.25, 0.3) is 5.91 Å². The van der Waals surface area contributed by atoms with Crippen molar-refractivity contribution >= 4 is 11.9 Å². The molecule has 1 amide bonds. The minimum atomic E-state index is 0.0443. The lowest BCUT2D eigenvalue weighted by Crippen LogP contribution is -2.39. The molecule has 156 valence electrons. The molecule has 1 aliphatic rings. The van der Waals surface area contributed by atoms with Gasteiger partial charge in [-0.1, -0.05) is 44.2 Å². The molecule has 1 fully saturated rings. The highest BCUT2D eigenvalue weighted by Gasteiger charge is 2.25. The average molecular weight is 395 g/mol. The summed E-state index contributed by atoms with van der Waals surface area (Å²) in [6, 6.07) is 12.5. The van der Waals surface area contributed by atoms with E-state index in [4.69, 9.17) is 0 Å². The number of carbonyl (C=O) groups is 1. The van der Waals surface area contributed by atoms with E-state index in [1.54, 1.807) is 0 Å². The summed E-state index contributed by atoms with van der Waals surface area (Å²) in [6.07, 6.45) is 5.28. The Morgan fingerprint density at radius 1 is 1.07 bits per heavy atom. The van der Waals surface area contributed by atoms with E-state index in [0.29, 0.717) is 17.6 Å². The number of benzene rings is 1. The fraction of sp³-hybridized carbons (Fsp3) is 0.542. The number of aryl methyl sites for hydroxylation is 1. The summed E-state index contributed by atoms with van der Waals surface area (Å²) in [4.78, 5) is 26.5. The predicted octanol–water partition coefficient (Wildman–Crippen LogP) is 4.51. The van der Waals surface area contributed by atoms with Crippen LogP contribution in [0.1, 0.15) is 61.3 Å². The molecule has 3 rings (SSSR count). The molecule has 5 heteroatoms. The van der Waals surface area contributed by atoms with E-state index in [1.165, 1.54) is 5.56 Å². The van der Waals surface area contributed by atoms with Crippen LogP contribution < -0.4 is 4.90 Å². The highest BCUT2D eigenvalue weighted by Crippen LogP contribution is 2.23. The van der Waals surface area contributed by atoms with Crippen molar-refractivity contribution in [2.75, 3.05) is 31.1 Å². The number of piperidine rings is 1. The van der Waals surface area contributed by atoms with Gasteiger partial charge in [-0.25, -0.2) is 9.97 Å². The minimum absolute atomic E-state index is 0.0443. The van der Waals surface area contributed by atoms with Gasteiger partial charge in [0, 0.05) is 31.9 Å². The Balaban J connectivity index is 1.64. The van der Waals surface area contributed by atoms with Crippen molar-refractivity contribution in [3.8, 4) is 0 Å². The Hall–Kier alpha value is -2.43. The fourth-order valence-electron chi connectivity index (χ4n) is 4.11. The molecule has 1 aromatic carbocycles. The first-order valence-corrected chi connectivity index (χ1v) is 11.0. The van der Waals surface area contributed by atoms with Crippen LogP contribution in [0.15, 0.2) is 36.4 Å². The van der Waals surface area contributed by atoms with Crippen LogP contribution in [0.4, 0.5) is 5.95 Å². The van der Waals surface area contributed by atoms with E-state index in [2.05, 4.69) is 59.0 Å². The van der Waals surface area contributed by atoms with E-state index in [0.717, 1.165) is 64.0 Å². The highest BCUT2D eigenvalue weighted by atomic mass is 16.2. The first kappa shape index (κ1) is 21.3. The van der Waals surface area contributed by atoms with Crippen LogP contribution in [-0.2, 0) is 6.42 Å². The molecular weight excluding hydrogens is 360 g/mol. The molecule has 0 N–H and O–H groups in total. The standard InChI is InChI=1S/C24H34N4O/c1-4-13-28(14-5-2)24-25-19(3)17-22(26-24)23(29)27-15-11-21(12-16-27)18-20-9-7-6-8-10-20/h6-10,17,21H,4-5,11-16,18H2,1-3H3. The molecule has 1 aromatic heterocycles. The monoisotopic (exact) mass is 394 g/mol. The molecule has 0 atom stereocenters. The molecule has 0 unspecified atom stereocenters. The minimum Gasteiger partial charge on any atom is -0.341 e. The zero-order valence-electron chi connectivity index (χ0n) is 18.1. The number of likely N-dealkylation sites (tertiary alicyclic amines) is 1. The lowest BCUT2D eigenvalue weighted by molar-refractivity contribution is 0.0684. The van der Waals surface area contributed by atoms with Gasteiger partial charge in [-0.2, -0.15) is 0 Å². The van der Waals surface area contributed by atoms with Gasteiger partial charge < -0.3 is 9.80 Å². The van der Waals surface area contributed by atoms with Crippen molar-refractivity contribution in [1.29, 1.82) is 0 Å². The van der Waals surface area contributed by atoms with Crippen LogP contribution in [0.2, 0.25) is 0 Å². The number of nitrogens with zero attached hydrogens (tertiary/aromatic N) is 4. The largest absolute Gasteiger partial charge is 0.341 e. The Labute approximate surface area is 175 Å². The van der Waals surface area contributed by atoms with Gasteiger partial charge >= 0.3 is 0 Å². The number of carbonyl (C=O) groups excluding carboxylic acids is 1. The number of aromatic nitrogens is 2.